The second-order valence-corrected chi connectivity index (χ2v) is 6.84. The Morgan fingerprint density at radius 2 is 1.84 bits per heavy atom. The minimum absolute atomic E-state index is 0.0691. The lowest BCUT2D eigenvalue weighted by molar-refractivity contribution is -0.137. The van der Waals surface area contributed by atoms with E-state index < -0.39 is 29.6 Å². The third-order valence-corrected chi connectivity index (χ3v) is 4.73. The van der Waals surface area contributed by atoms with Gasteiger partial charge in [0.05, 0.1) is 28.6 Å². The van der Waals surface area contributed by atoms with Crippen LogP contribution in [0.1, 0.15) is 15.9 Å². The number of nitrogens with one attached hydrogen (secondary N) is 1. The molecule has 0 fully saturated rings. The van der Waals surface area contributed by atoms with Crippen molar-refractivity contribution in [2.45, 2.75) is 13.2 Å². The van der Waals surface area contributed by atoms with Gasteiger partial charge in [0.2, 0.25) is 0 Å². The number of carboxylic acids is 2. The molecule has 0 atom stereocenters. The Labute approximate surface area is 178 Å². The number of fused-ring (bicyclic) bond motifs is 1. The van der Waals surface area contributed by atoms with Crippen LogP contribution in [0, 0.1) is 0 Å². The molecule has 2 heterocycles. The molecular formula is C21H16N4O7. The van der Waals surface area contributed by atoms with E-state index in [4.69, 9.17) is 9.84 Å². The summed E-state index contributed by atoms with van der Waals surface area (Å²) < 4.78 is 8.43. The molecule has 0 radical (unpaired) electrons. The van der Waals surface area contributed by atoms with Gasteiger partial charge < -0.3 is 24.5 Å². The number of rotatable bonds is 7. The van der Waals surface area contributed by atoms with Crippen LogP contribution in [0.15, 0.2) is 64.7 Å². The predicted molar refractivity (Wildman–Crippen MR) is 111 cm³/mol. The molecule has 0 amide bonds. The lowest BCUT2D eigenvalue weighted by Gasteiger charge is -2.15. The average Bonchev–Trinajstić information content (AvgIpc) is 3.30. The number of aromatic amines is 1. The number of aromatic nitrogens is 4. The van der Waals surface area contributed by atoms with Crippen LogP contribution in [0.25, 0.3) is 16.7 Å². The zero-order chi connectivity index (χ0) is 22.8. The van der Waals surface area contributed by atoms with Gasteiger partial charge in [-0.15, -0.1) is 0 Å². The van der Waals surface area contributed by atoms with Crippen molar-refractivity contribution in [1.82, 2.24) is 19.1 Å². The zero-order valence-corrected chi connectivity index (χ0v) is 16.4. The highest BCUT2D eigenvalue weighted by Gasteiger charge is 2.16. The summed E-state index contributed by atoms with van der Waals surface area (Å²) >= 11 is 0. The SMILES string of the molecule is O=C(O)Cn1c(=O)c(=O)[nH]c2cc(-n3ccnc3)c(OCc3ccc(C(=O)O)cc3)cc21. The van der Waals surface area contributed by atoms with E-state index in [-0.39, 0.29) is 23.2 Å². The van der Waals surface area contributed by atoms with Gasteiger partial charge in [0.15, 0.2) is 0 Å². The van der Waals surface area contributed by atoms with E-state index in [1.54, 1.807) is 35.2 Å². The fourth-order valence-electron chi connectivity index (χ4n) is 3.20. The topological polar surface area (TPSA) is 157 Å². The zero-order valence-electron chi connectivity index (χ0n) is 16.4. The summed E-state index contributed by atoms with van der Waals surface area (Å²) in [6.07, 6.45) is 4.72. The second kappa shape index (κ2) is 8.22. The number of benzene rings is 2. The minimum atomic E-state index is -1.28. The van der Waals surface area contributed by atoms with E-state index in [9.17, 15) is 24.3 Å². The van der Waals surface area contributed by atoms with Crippen LogP contribution in [0.2, 0.25) is 0 Å². The van der Waals surface area contributed by atoms with Gasteiger partial charge >= 0.3 is 23.1 Å². The van der Waals surface area contributed by atoms with Crippen LogP contribution in [0.3, 0.4) is 0 Å². The molecule has 4 aromatic rings. The first-order chi connectivity index (χ1) is 15.3. The van der Waals surface area contributed by atoms with Crippen molar-refractivity contribution in [3.63, 3.8) is 0 Å². The van der Waals surface area contributed by atoms with Gasteiger partial charge in [-0.2, -0.15) is 0 Å². The first kappa shape index (κ1) is 20.6. The summed E-state index contributed by atoms with van der Waals surface area (Å²) in [6.45, 7) is -0.626. The Kier molecular flexibility index (Phi) is 5.29. The van der Waals surface area contributed by atoms with Crippen LogP contribution in [0.5, 0.6) is 5.75 Å². The van der Waals surface area contributed by atoms with Crippen LogP contribution in [0.4, 0.5) is 0 Å². The summed E-state index contributed by atoms with van der Waals surface area (Å²) in [5, 5.41) is 18.2. The smallest absolute Gasteiger partial charge is 0.335 e. The number of nitrogens with zero attached hydrogens (tertiary/aromatic N) is 3. The Morgan fingerprint density at radius 1 is 1.09 bits per heavy atom. The largest absolute Gasteiger partial charge is 0.487 e. The van der Waals surface area contributed by atoms with Crippen molar-refractivity contribution in [2.75, 3.05) is 0 Å². The molecule has 2 aromatic carbocycles. The fourth-order valence-corrected chi connectivity index (χ4v) is 3.20. The van der Waals surface area contributed by atoms with Crippen LogP contribution in [-0.2, 0) is 17.9 Å². The van der Waals surface area contributed by atoms with Crippen molar-refractivity contribution in [3.05, 3.63) is 87.0 Å². The number of hydrogen-bond donors (Lipinski definition) is 3. The highest BCUT2D eigenvalue weighted by atomic mass is 16.5. The summed E-state index contributed by atoms with van der Waals surface area (Å²) in [5.41, 5.74) is -0.188. The predicted octanol–water partition coefficient (Wildman–Crippen LogP) is 1.24. The Bertz CT molecular complexity index is 1430. The number of aliphatic carboxylic acids is 1. The van der Waals surface area contributed by atoms with Crippen LogP contribution >= 0.6 is 0 Å². The maximum Gasteiger partial charge on any atom is 0.335 e. The van der Waals surface area contributed by atoms with E-state index in [1.807, 2.05) is 0 Å². The lowest BCUT2D eigenvalue weighted by atomic mass is 10.1. The average molecular weight is 436 g/mol. The van der Waals surface area contributed by atoms with Gasteiger partial charge in [0.1, 0.15) is 18.9 Å². The number of imidazole rings is 1. The quantitative estimate of drug-likeness (QED) is 0.365. The molecule has 162 valence electrons. The molecule has 4 rings (SSSR count). The Balaban J connectivity index is 1.81. The Morgan fingerprint density at radius 3 is 2.47 bits per heavy atom. The molecule has 0 saturated carbocycles. The summed E-state index contributed by atoms with van der Waals surface area (Å²) in [7, 11) is 0. The molecule has 11 nitrogen and oxygen atoms in total. The van der Waals surface area contributed by atoms with Crippen molar-refractivity contribution < 1.29 is 24.5 Å². The molecule has 0 bridgehead atoms. The fraction of sp³-hybridized carbons (Fsp3) is 0.0952. The van der Waals surface area contributed by atoms with E-state index in [0.29, 0.717) is 17.0 Å². The monoisotopic (exact) mass is 436 g/mol. The highest BCUT2D eigenvalue weighted by Crippen LogP contribution is 2.28. The maximum absolute atomic E-state index is 12.3. The molecule has 0 aliphatic heterocycles. The van der Waals surface area contributed by atoms with Gasteiger partial charge in [0, 0.05) is 18.5 Å². The summed E-state index contributed by atoms with van der Waals surface area (Å²) in [5.74, 6) is -2.03. The second-order valence-electron chi connectivity index (χ2n) is 6.84. The molecule has 0 unspecified atom stereocenters. The molecule has 2 aromatic heterocycles. The molecule has 11 heteroatoms. The number of aromatic carboxylic acids is 1. The van der Waals surface area contributed by atoms with Gasteiger partial charge in [-0.25, -0.2) is 9.78 Å². The van der Waals surface area contributed by atoms with Crippen molar-refractivity contribution in [2.24, 2.45) is 0 Å². The van der Waals surface area contributed by atoms with Gasteiger partial charge in [0.25, 0.3) is 0 Å². The van der Waals surface area contributed by atoms with Crippen LogP contribution in [-0.4, -0.2) is 41.3 Å². The molecule has 3 N–H and O–H groups in total. The maximum atomic E-state index is 12.3. The molecule has 32 heavy (non-hydrogen) atoms. The van der Waals surface area contributed by atoms with Crippen molar-refractivity contribution in [1.29, 1.82) is 0 Å². The third kappa shape index (κ3) is 3.99. The number of ether oxygens (including phenoxy) is 1. The number of hydrogen-bond acceptors (Lipinski definition) is 6. The normalized spacial score (nSPS) is 10.9. The minimum Gasteiger partial charge on any atom is -0.487 e. The molecule has 0 aliphatic carbocycles. The van der Waals surface area contributed by atoms with Crippen LogP contribution < -0.4 is 15.9 Å². The first-order valence-electron chi connectivity index (χ1n) is 9.29. The van der Waals surface area contributed by atoms with Crippen molar-refractivity contribution in [3.8, 4) is 11.4 Å². The molecule has 0 aliphatic rings. The molecular weight excluding hydrogens is 420 g/mol. The lowest BCUT2D eigenvalue weighted by Crippen LogP contribution is -2.37. The number of H-pyrrole nitrogens is 1. The third-order valence-electron chi connectivity index (χ3n) is 4.73. The van der Waals surface area contributed by atoms with Gasteiger partial charge in [-0.1, -0.05) is 12.1 Å². The molecule has 0 spiro atoms. The first-order valence-corrected chi connectivity index (χ1v) is 9.29. The van der Waals surface area contributed by atoms with E-state index in [0.717, 1.165) is 4.57 Å². The van der Waals surface area contributed by atoms with Crippen molar-refractivity contribution >= 4 is 23.0 Å². The van der Waals surface area contributed by atoms with E-state index in [2.05, 4.69) is 9.97 Å². The van der Waals surface area contributed by atoms with Gasteiger partial charge in [-0.3, -0.25) is 19.0 Å². The highest BCUT2D eigenvalue weighted by molar-refractivity contribution is 5.87. The van der Waals surface area contributed by atoms with E-state index >= 15 is 0 Å². The standard InChI is InChI=1S/C21H16N4O7/c26-18(27)9-25-15-8-17(32-10-12-1-3-13(4-2-12)21(30)31)16(24-6-5-22-11-24)7-14(15)23-19(28)20(25)29/h1-8,11H,9-10H2,(H,23,28)(H,26,27)(H,30,31). The Hall–Kier alpha value is -4.67. The van der Waals surface area contributed by atoms with Gasteiger partial charge in [-0.05, 0) is 23.8 Å². The molecule has 0 saturated heterocycles. The summed E-state index contributed by atoms with van der Waals surface area (Å²) in [4.78, 5) is 53.0. The number of carbonyl (C=O) groups is 2. The summed E-state index contributed by atoms with van der Waals surface area (Å²) in [6, 6.07) is 9.15. The van der Waals surface area contributed by atoms with E-state index in [1.165, 1.54) is 24.5 Å². The number of carboxylic acid groups (broad SMARTS) is 2.